The van der Waals surface area contributed by atoms with Gasteiger partial charge in [-0.2, -0.15) is 5.10 Å². The molecule has 1 aromatic carbocycles. The Hall–Kier alpha value is -1.88. The molecular formula is C12H13ClN4O. The Kier molecular flexibility index (Phi) is 3.94. The first-order chi connectivity index (χ1) is 8.65. The summed E-state index contributed by atoms with van der Waals surface area (Å²) in [5.41, 5.74) is 1.76. The molecule has 5 nitrogen and oxygen atoms in total. The van der Waals surface area contributed by atoms with E-state index in [2.05, 4.69) is 15.4 Å². The molecule has 0 saturated heterocycles. The fourth-order valence-electron chi connectivity index (χ4n) is 1.49. The summed E-state index contributed by atoms with van der Waals surface area (Å²) < 4.78 is 1.71. The zero-order chi connectivity index (χ0) is 13.0. The minimum absolute atomic E-state index is 0.213. The number of halogens is 1. The molecule has 0 aliphatic rings. The van der Waals surface area contributed by atoms with Gasteiger partial charge >= 0.3 is 0 Å². The van der Waals surface area contributed by atoms with Crippen molar-refractivity contribution < 1.29 is 4.79 Å². The lowest BCUT2D eigenvalue weighted by Gasteiger charge is -2.08. The molecule has 1 aromatic heterocycles. The molecule has 94 valence electrons. The van der Waals surface area contributed by atoms with Crippen LogP contribution in [0.15, 0.2) is 36.9 Å². The third-order valence-electron chi connectivity index (χ3n) is 2.37. The average molecular weight is 265 g/mol. The van der Waals surface area contributed by atoms with Crippen molar-refractivity contribution in [2.75, 3.05) is 5.32 Å². The van der Waals surface area contributed by atoms with Gasteiger partial charge in [-0.15, -0.1) is 11.6 Å². The second-order valence-corrected chi connectivity index (χ2v) is 4.55. The minimum atomic E-state index is -0.552. The van der Waals surface area contributed by atoms with Crippen LogP contribution in [0.2, 0.25) is 0 Å². The standard InChI is InChI=1S/C12H13ClN4O/c1-9(13)12(18)16-11-4-2-3-10(5-11)6-17-8-14-7-15-17/h2-5,7-9H,6H2,1H3,(H,16,18). The van der Waals surface area contributed by atoms with Crippen LogP contribution in [-0.4, -0.2) is 26.0 Å². The van der Waals surface area contributed by atoms with Crippen molar-refractivity contribution in [3.63, 3.8) is 0 Å². The monoisotopic (exact) mass is 264 g/mol. The largest absolute Gasteiger partial charge is 0.325 e. The fraction of sp³-hybridized carbons (Fsp3) is 0.250. The number of alkyl halides is 1. The molecule has 1 heterocycles. The lowest BCUT2D eigenvalue weighted by atomic mass is 10.2. The molecule has 1 N–H and O–H groups in total. The topological polar surface area (TPSA) is 59.8 Å². The van der Waals surface area contributed by atoms with Crippen LogP contribution in [0.5, 0.6) is 0 Å². The zero-order valence-electron chi connectivity index (χ0n) is 9.88. The number of rotatable bonds is 4. The highest BCUT2D eigenvalue weighted by Crippen LogP contribution is 2.12. The fourth-order valence-corrected chi connectivity index (χ4v) is 1.55. The molecule has 0 spiro atoms. The Bertz CT molecular complexity index is 525. The van der Waals surface area contributed by atoms with Crippen molar-refractivity contribution in [2.24, 2.45) is 0 Å². The summed E-state index contributed by atoms with van der Waals surface area (Å²) in [5.74, 6) is -0.213. The van der Waals surface area contributed by atoms with E-state index >= 15 is 0 Å². The van der Waals surface area contributed by atoms with Gasteiger partial charge in [-0.1, -0.05) is 12.1 Å². The summed E-state index contributed by atoms with van der Waals surface area (Å²) in [7, 11) is 0. The van der Waals surface area contributed by atoms with Crippen LogP contribution in [-0.2, 0) is 11.3 Å². The number of hydrogen-bond acceptors (Lipinski definition) is 3. The van der Waals surface area contributed by atoms with Gasteiger partial charge < -0.3 is 5.32 Å². The predicted molar refractivity (Wildman–Crippen MR) is 69.5 cm³/mol. The molecule has 0 aliphatic carbocycles. The normalized spacial score (nSPS) is 12.1. The van der Waals surface area contributed by atoms with Gasteiger partial charge in [-0.05, 0) is 24.6 Å². The van der Waals surface area contributed by atoms with Crippen molar-refractivity contribution in [3.05, 3.63) is 42.5 Å². The second-order valence-electron chi connectivity index (χ2n) is 3.90. The molecule has 1 atom stereocenters. The number of hydrogen-bond donors (Lipinski definition) is 1. The van der Waals surface area contributed by atoms with Crippen LogP contribution in [0, 0.1) is 0 Å². The Morgan fingerprint density at radius 2 is 2.39 bits per heavy atom. The number of anilines is 1. The molecule has 1 unspecified atom stereocenters. The molecule has 0 fully saturated rings. The van der Waals surface area contributed by atoms with E-state index in [4.69, 9.17) is 11.6 Å². The van der Waals surface area contributed by atoms with Crippen LogP contribution in [0.4, 0.5) is 5.69 Å². The molecule has 0 aliphatic heterocycles. The SMILES string of the molecule is CC(Cl)C(=O)Nc1cccc(Cn2cncn2)c1. The minimum Gasteiger partial charge on any atom is -0.325 e. The number of carbonyl (C=O) groups is 1. The Labute approximate surface area is 110 Å². The number of benzene rings is 1. The molecule has 0 radical (unpaired) electrons. The number of carbonyl (C=O) groups excluding carboxylic acids is 1. The summed E-state index contributed by atoms with van der Waals surface area (Å²) in [4.78, 5) is 15.3. The first kappa shape index (κ1) is 12.6. The van der Waals surface area contributed by atoms with Gasteiger partial charge in [-0.25, -0.2) is 9.67 Å². The van der Waals surface area contributed by atoms with E-state index in [0.29, 0.717) is 6.54 Å². The molecule has 6 heteroatoms. The smallest absolute Gasteiger partial charge is 0.242 e. The highest BCUT2D eigenvalue weighted by atomic mass is 35.5. The highest BCUT2D eigenvalue weighted by Gasteiger charge is 2.09. The third-order valence-corrected chi connectivity index (χ3v) is 2.57. The second kappa shape index (κ2) is 5.64. The number of amides is 1. The van der Waals surface area contributed by atoms with Gasteiger partial charge in [0.25, 0.3) is 0 Å². The highest BCUT2D eigenvalue weighted by molar-refractivity contribution is 6.32. The quantitative estimate of drug-likeness (QED) is 0.858. The average Bonchev–Trinajstić information content (AvgIpc) is 2.82. The summed E-state index contributed by atoms with van der Waals surface area (Å²) >= 11 is 5.70. The van der Waals surface area contributed by atoms with Gasteiger partial charge in [0.2, 0.25) is 5.91 Å². The molecule has 0 bridgehead atoms. The number of nitrogens with zero attached hydrogens (tertiary/aromatic N) is 3. The Morgan fingerprint density at radius 3 is 3.06 bits per heavy atom. The van der Waals surface area contributed by atoms with E-state index in [1.165, 1.54) is 6.33 Å². The maximum atomic E-state index is 11.5. The summed E-state index contributed by atoms with van der Waals surface area (Å²) in [6, 6.07) is 7.54. The van der Waals surface area contributed by atoms with Crippen LogP contribution >= 0.6 is 11.6 Å². The maximum Gasteiger partial charge on any atom is 0.242 e. The molecule has 18 heavy (non-hydrogen) atoms. The molecule has 2 rings (SSSR count). The van der Waals surface area contributed by atoms with Crippen LogP contribution in [0.1, 0.15) is 12.5 Å². The van der Waals surface area contributed by atoms with Crippen molar-refractivity contribution in [2.45, 2.75) is 18.8 Å². The molecular weight excluding hydrogens is 252 g/mol. The Morgan fingerprint density at radius 1 is 1.56 bits per heavy atom. The zero-order valence-corrected chi connectivity index (χ0v) is 10.6. The van der Waals surface area contributed by atoms with E-state index in [9.17, 15) is 4.79 Å². The third kappa shape index (κ3) is 3.30. The molecule has 1 amide bonds. The van der Waals surface area contributed by atoms with Crippen LogP contribution in [0.25, 0.3) is 0 Å². The van der Waals surface area contributed by atoms with Gasteiger partial charge in [0.1, 0.15) is 18.0 Å². The Balaban J connectivity index is 2.08. The number of nitrogens with one attached hydrogen (secondary N) is 1. The number of aromatic nitrogens is 3. The van der Waals surface area contributed by atoms with E-state index in [0.717, 1.165) is 11.3 Å². The van der Waals surface area contributed by atoms with Gasteiger partial charge in [-0.3, -0.25) is 4.79 Å². The van der Waals surface area contributed by atoms with Crippen molar-refractivity contribution in [1.82, 2.24) is 14.8 Å². The molecule has 0 saturated carbocycles. The van der Waals surface area contributed by atoms with Crippen molar-refractivity contribution in [3.8, 4) is 0 Å². The van der Waals surface area contributed by atoms with Gasteiger partial charge in [0, 0.05) is 5.69 Å². The lowest BCUT2D eigenvalue weighted by molar-refractivity contribution is -0.115. The van der Waals surface area contributed by atoms with Crippen molar-refractivity contribution >= 4 is 23.2 Å². The first-order valence-corrected chi connectivity index (χ1v) is 5.95. The van der Waals surface area contributed by atoms with E-state index in [-0.39, 0.29) is 5.91 Å². The lowest BCUT2D eigenvalue weighted by Crippen LogP contribution is -2.20. The summed E-state index contributed by atoms with van der Waals surface area (Å²) in [6.45, 7) is 2.25. The van der Waals surface area contributed by atoms with Crippen molar-refractivity contribution in [1.29, 1.82) is 0 Å². The predicted octanol–water partition coefficient (Wildman–Crippen LogP) is 1.89. The van der Waals surface area contributed by atoms with Gasteiger partial charge in [0.15, 0.2) is 0 Å². The molecule has 2 aromatic rings. The van der Waals surface area contributed by atoms with Gasteiger partial charge in [0.05, 0.1) is 6.54 Å². The first-order valence-electron chi connectivity index (χ1n) is 5.51. The van der Waals surface area contributed by atoms with Crippen LogP contribution < -0.4 is 5.32 Å². The van der Waals surface area contributed by atoms with E-state index in [1.54, 1.807) is 17.9 Å². The maximum absolute atomic E-state index is 11.5. The summed E-state index contributed by atoms with van der Waals surface area (Å²) in [6.07, 6.45) is 3.13. The van der Waals surface area contributed by atoms with E-state index in [1.807, 2.05) is 24.3 Å². The van der Waals surface area contributed by atoms with Crippen LogP contribution in [0.3, 0.4) is 0 Å². The van der Waals surface area contributed by atoms with E-state index < -0.39 is 5.38 Å². The summed E-state index contributed by atoms with van der Waals surface area (Å²) in [5, 5.41) is 6.22.